The molecule has 0 saturated heterocycles. The molecule has 2 aromatic carbocycles. The summed E-state index contributed by atoms with van der Waals surface area (Å²) in [6.45, 7) is 1.52. The fraction of sp³-hybridized carbons (Fsp3) is 0.0870. The Morgan fingerprint density at radius 1 is 1.07 bits per heavy atom. The number of carbonyl (C=O) groups excluding carboxylic acids is 1. The largest absolute Gasteiger partial charge is 0.299 e. The highest BCUT2D eigenvalue weighted by atomic mass is 35.5. The van der Waals surface area contributed by atoms with Crippen LogP contribution in [-0.4, -0.2) is 16.5 Å². The van der Waals surface area contributed by atoms with E-state index in [1.54, 1.807) is 12.1 Å². The first-order valence-electron chi connectivity index (χ1n) is 8.73. The lowest BCUT2D eigenvalue weighted by atomic mass is 10.0. The third kappa shape index (κ3) is 5.71. The van der Waals surface area contributed by atoms with Crippen molar-refractivity contribution in [1.29, 1.82) is 5.26 Å². The topological polar surface area (TPSA) is 53.8 Å². The number of aromatic nitrogens is 1. The number of pyridine rings is 1. The number of ketones is 1. The van der Waals surface area contributed by atoms with Gasteiger partial charge in [0.1, 0.15) is 16.9 Å². The third-order valence-corrected chi connectivity index (χ3v) is 5.63. The van der Waals surface area contributed by atoms with E-state index in [-0.39, 0.29) is 11.5 Å². The Bertz CT molecular complexity index is 1100. The Morgan fingerprint density at radius 2 is 1.69 bits per heavy atom. The summed E-state index contributed by atoms with van der Waals surface area (Å²) in [5, 5.41) is 11.6. The number of nitrogens with zero attached hydrogens (tertiary/aromatic N) is 2. The maximum Gasteiger partial charge on any atom is 0.140 e. The van der Waals surface area contributed by atoms with Gasteiger partial charge in [-0.15, -0.1) is 0 Å². The molecule has 6 heteroatoms. The number of nitriles is 1. The van der Waals surface area contributed by atoms with E-state index in [9.17, 15) is 10.1 Å². The van der Waals surface area contributed by atoms with Gasteiger partial charge in [-0.25, -0.2) is 4.98 Å². The molecule has 0 radical (unpaired) electrons. The molecule has 144 valence electrons. The van der Waals surface area contributed by atoms with Gasteiger partial charge in [-0.1, -0.05) is 65.3 Å². The number of benzene rings is 2. The second kappa shape index (κ2) is 9.76. The molecule has 1 heterocycles. The summed E-state index contributed by atoms with van der Waals surface area (Å²) < 4.78 is 0. The SMILES string of the molecule is CC(=O)CSc1nc(/C=C/c2ccc(Cl)cc2)cc(-c2ccc(Cl)cc2)c1C#N. The third-order valence-electron chi connectivity index (χ3n) is 4.00. The van der Waals surface area contributed by atoms with Gasteiger partial charge in [-0.2, -0.15) is 5.26 Å². The Balaban J connectivity index is 2.07. The number of rotatable bonds is 6. The van der Waals surface area contributed by atoms with E-state index in [4.69, 9.17) is 23.2 Å². The molecule has 0 atom stereocenters. The summed E-state index contributed by atoms with van der Waals surface area (Å²) in [6.07, 6.45) is 3.80. The van der Waals surface area contributed by atoms with Crippen molar-refractivity contribution in [2.45, 2.75) is 11.9 Å². The Hall–Kier alpha value is -2.58. The zero-order chi connectivity index (χ0) is 20.8. The van der Waals surface area contributed by atoms with E-state index >= 15 is 0 Å². The molecule has 3 aromatic rings. The van der Waals surface area contributed by atoms with Crippen molar-refractivity contribution in [1.82, 2.24) is 4.98 Å². The highest BCUT2D eigenvalue weighted by Gasteiger charge is 2.15. The van der Waals surface area contributed by atoms with Crippen LogP contribution in [0.25, 0.3) is 23.3 Å². The quantitative estimate of drug-likeness (QED) is 0.398. The Kier molecular flexibility index (Phi) is 7.11. The molecule has 0 saturated carbocycles. The van der Waals surface area contributed by atoms with Crippen molar-refractivity contribution in [2.75, 3.05) is 5.75 Å². The Labute approximate surface area is 184 Å². The fourth-order valence-electron chi connectivity index (χ4n) is 2.62. The molecule has 0 aliphatic rings. The summed E-state index contributed by atoms with van der Waals surface area (Å²) in [6, 6.07) is 18.9. The van der Waals surface area contributed by atoms with Gasteiger partial charge in [0, 0.05) is 15.6 Å². The van der Waals surface area contributed by atoms with Crippen molar-refractivity contribution in [3.8, 4) is 17.2 Å². The molecule has 0 bridgehead atoms. The van der Waals surface area contributed by atoms with Gasteiger partial charge in [0.25, 0.3) is 0 Å². The number of thioether (sulfide) groups is 1. The smallest absolute Gasteiger partial charge is 0.140 e. The lowest BCUT2D eigenvalue weighted by molar-refractivity contribution is -0.114. The highest BCUT2D eigenvalue weighted by Crippen LogP contribution is 2.32. The van der Waals surface area contributed by atoms with Crippen LogP contribution in [0.4, 0.5) is 0 Å². The minimum Gasteiger partial charge on any atom is -0.299 e. The number of Topliss-reactive ketones (excluding diaryl/α,β-unsaturated/α-hetero) is 1. The number of carbonyl (C=O) groups is 1. The molecule has 29 heavy (non-hydrogen) atoms. The van der Waals surface area contributed by atoms with E-state index in [1.165, 1.54) is 18.7 Å². The summed E-state index contributed by atoms with van der Waals surface area (Å²) >= 11 is 13.2. The maximum atomic E-state index is 11.5. The van der Waals surface area contributed by atoms with Crippen molar-refractivity contribution < 1.29 is 4.79 Å². The monoisotopic (exact) mass is 438 g/mol. The minimum absolute atomic E-state index is 0.0239. The van der Waals surface area contributed by atoms with Crippen LogP contribution >= 0.6 is 35.0 Å². The average molecular weight is 439 g/mol. The molecule has 0 aliphatic heterocycles. The normalized spacial score (nSPS) is 10.8. The van der Waals surface area contributed by atoms with Crippen LogP contribution in [-0.2, 0) is 4.79 Å². The van der Waals surface area contributed by atoms with Gasteiger partial charge in [-0.3, -0.25) is 4.79 Å². The van der Waals surface area contributed by atoms with Crippen LogP contribution in [0.5, 0.6) is 0 Å². The second-order valence-corrected chi connectivity index (χ2v) is 8.11. The van der Waals surface area contributed by atoms with E-state index in [1.807, 2.05) is 54.6 Å². The minimum atomic E-state index is 0.0239. The molecular formula is C23H16Cl2N2OS. The van der Waals surface area contributed by atoms with E-state index in [2.05, 4.69) is 11.1 Å². The lowest BCUT2D eigenvalue weighted by Gasteiger charge is -2.10. The molecule has 3 rings (SSSR count). The molecule has 1 aromatic heterocycles. The molecule has 3 nitrogen and oxygen atoms in total. The summed E-state index contributed by atoms with van der Waals surface area (Å²) in [7, 11) is 0. The van der Waals surface area contributed by atoms with Crippen LogP contribution in [0, 0.1) is 11.3 Å². The van der Waals surface area contributed by atoms with E-state index < -0.39 is 0 Å². The molecule has 0 aliphatic carbocycles. The van der Waals surface area contributed by atoms with E-state index in [0.29, 0.717) is 26.3 Å². The first-order valence-corrected chi connectivity index (χ1v) is 10.5. The molecule has 0 amide bonds. The van der Waals surface area contributed by atoms with Gasteiger partial charge in [0.15, 0.2) is 0 Å². The zero-order valence-electron chi connectivity index (χ0n) is 15.5. The van der Waals surface area contributed by atoms with Gasteiger partial charge < -0.3 is 0 Å². The molecule has 0 unspecified atom stereocenters. The predicted octanol–water partition coefficient (Wildman–Crippen LogP) is 6.78. The van der Waals surface area contributed by atoms with Gasteiger partial charge in [0.2, 0.25) is 0 Å². The summed E-state index contributed by atoms with van der Waals surface area (Å²) in [5.41, 5.74) is 3.73. The average Bonchev–Trinajstić information content (AvgIpc) is 2.72. The lowest BCUT2D eigenvalue weighted by Crippen LogP contribution is -1.99. The standard InChI is InChI=1S/C23H16Cl2N2OS/c1-15(28)14-29-23-22(13-26)21(17-5-9-19(25)10-6-17)12-20(27-23)11-4-16-2-7-18(24)8-3-16/h2-12H,14H2,1H3/b11-4+. The van der Waals surface area contributed by atoms with Gasteiger partial charge >= 0.3 is 0 Å². The van der Waals surface area contributed by atoms with Crippen LogP contribution in [0.3, 0.4) is 0 Å². The van der Waals surface area contributed by atoms with Crippen LogP contribution in [0.1, 0.15) is 23.7 Å². The second-order valence-electron chi connectivity index (χ2n) is 6.27. The summed E-state index contributed by atoms with van der Waals surface area (Å²) in [5.74, 6) is 0.280. The summed E-state index contributed by atoms with van der Waals surface area (Å²) in [4.78, 5) is 16.1. The molecule has 0 spiro atoms. The number of hydrogen-bond donors (Lipinski definition) is 0. The van der Waals surface area contributed by atoms with Crippen LogP contribution < -0.4 is 0 Å². The molecule has 0 N–H and O–H groups in total. The van der Waals surface area contributed by atoms with Crippen LogP contribution in [0.15, 0.2) is 59.6 Å². The van der Waals surface area contributed by atoms with Crippen molar-refractivity contribution in [2.24, 2.45) is 0 Å². The predicted molar refractivity (Wildman–Crippen MR) is 121 cm³/mol. The molecular weight excluding hydrogens is 423 g/mol. The Morgan fingerprint density at radius 3 is 2.28 bits per heavy atom. The van der Waals surface area contributed by atoms with Crippen molar-refractivity contribution in [3.63, 3.8) is 0 Å². The van der Waals surface area contributed by atoms with E-state index in [0.717, 1.165) is 16.7 Å². The fourth-order valence-corrected chi connectivity index (χ4v) is 3.68. The van der Waals surface area contributed by atoms with Gasteiger partial charge in [0.05, 0.1) is 17.0 Å². The zero-order valence-corrected chi connectivity index (χ0v) is 17.9. The van der Waals surface area contributed by atoms with Crippen molar-refractivity contribution in [3.05, 3.63) is 81.5 Å². The maximum absolute atomic E-state index is 11.5. The van der Waals surface area contributed by atoms with Gasteiger partial charge in [-0.05, 0) is 54.5 Å². The van der Waals surface area contributed by atoms with Crippen molar-refractivity contribution >= 4 is 52.9 Å². The first-order chi connectivity index (χ1) is 14.0. The molecule has 0 fully saturated rings. The van der Waals surface area contributed by atoms with Crippen LogP contribution in [0.2, 0.25) is 10.0 Å². The first kappa shape index (κ1) is 21.1. The number of halogens is 2. The highest BCUT2D eigenvalue weighted by molar-refractivity contribution is 8.00. The number of hydrogen-bond acceptors (Lipinski definition) is 4.